The topological polar surface area (TPSA) is 37.3 Å². The van der Waals surface area contributed by atoms with Crippen LogP contribution in [-0.4, -0.2) is 17.5 Å². The van der Waals surface area contributed by atoms with Crippen LogP contribution in [0, 0.1) is 5.92 Å². The molecule has 0 aromatic heterocycles. The van der Waals surface area contributed by atoms with E-state index in [1.807, 2.05) is 0 Å². The van der Waals surface area contributed by atoms with Gasteiger partial charge in [-0.3, -0.25) is 4.79 Å². The number of hydrogen-bond acceptors (Lipinski definition) is 2. The van der Waals surface area contributed by atoms with E-state index in [1.54, 1.807) is 0 Å². The van der Waals surface area contributed by atoms with Crippen molar-refractivity contribution in [2.24, 2.45) is 5.92 Å². The van der Waals surface area contributed by atoms with Crippen molar-refractivity contribution in [3.63, 3.8) is 0 Å². The van der Waals surface area contributed by atoms with Crippen LogP contribution in [0.2, 0.25) is 0 Å². The van der Waals surface area contributed by atoms with Crippen molar-refractivity contribution in [1.29, 1.82) is 0 Å². The molecule has 0 aliphatic heterocycles. The summed E-state index contributed by atoms with van der Waals surface area (Å²) in [7, 11) is 0. The molecule has 0 saturated heterocycles. The van der Waals surface area contributed by atoms with Crippen LogP contribution in [0.3, 0.4) is 0 Å². The maximum absolute atomic E-state index is 11.5. The third-order valence-corrected chi connectivity index (χ3v) is 2.52. The minimum absolute atomic E-state index is 0.249. The van der Waals surface area contributed by atoms with Crippen LogP contribution in [-0.2, 0) is 4.79 Å². The summed E-state index contributed by atoms with van der Waals surface area (Å²) in [4.78, 5) is 11.5. The number of hydrogen-bond donors (Lipinski definition) is 1. The molecule has 0 rings (SSSR count). The lowest BCUT2D eigenvalue weighted by atomic mass is 9.94. The van der Waals surface area contributed by atoms with Gasteiger partial charge in [-0.05, 0) is 25.7 Å². The van der Waals surface area contributed by atoms with E-state index in [-0.39, 0.29) is 12.5 Å². The molecule has 0 unspecified atom stereocenters. The van der Waals surface area contributed by atoms with E-state index in [2.05, 4.69) is 13.8 Å². The number of carbonyl (C=O) groups excluding carboxylic acids is 1. The van der Waals surface area contributed by atoms with Crippen LogP contribution >= 0.6 is 0 Å². The molecule has 78 valence electrons. The Balaban J connectivity index is 3.48. The first-order chi connectivity index (χ1) is 6.26. The molecule has 13 heavy (non-hydrogen) atoms. The number of unbranched alkanes of at least 4 members (excludes halogenated alkanes) is 2. The SMILES string of the molecule is CCC(CC)C(=O)CCCCCO. The Morgan fingerprint density at radius 1 is 1.15 bits per heavy atom. The van der Waals surface area contributed by atoms with Crippen LogP contribution in [0.4, 0.5) is 0 Å². The molecule has 0 saturated carbocycles. The highest BCUT2D eigenvalue weighted by Crippen LogP contribution is 2.13. The van der Waals surface area contributed by atoms with Crippen molar-refractivity contribution in [3.8, 4) is 0 Å². The second kappa shape index (κ2) is 8.24. The third kappa shape index (κ3) is 5.81. The molecule has 0 heterocycles. The molecule has 0 amide bonds. The number of ketones is 1. The van der Waals surface area contributed by atoms with E-state index in [1.165, 1.54) is 0 Å². The quantitative estimate of drug-likeness (QED) is 0.591. The lowest BCUT2D eigenvalue weighted by molar-refractivity contribution is -0.123. The average molecular weight is 186 g/mol. The van der Waals surface area contributed by atoms with Crippen molar-refractivity contribution < 1.29 is 9.90 Å². The van der Waals surface area contributed by atoms with Crippen molar-refractivity contribution in [3.05, 3.63) is 0 Å². The van der Waals surface area contributed by atoms with Crippen LogP contribution in [0.5, 0.6) is 0 Å². The van der Waals surface area contributed by atoms with Crippen molar-refractivity contribution >= 4 is 5.78 Å². The average Bonchev–Trinajstić information content (AvgIpc) is 2.14. The minimum atomic E-state index is 0.249. The smallest absolute Gasteiger partial charge is 0.135 e. The maximum Gasteiger partial charge on any atom is 0.135 e. The lowest BCUT2D eigenvalue weighted by Gasteiger charge is -2.10. The Morgan fingerprint density at radius 3 is 2.23 bits per heavy atom. The highest BCUT2D eigenvalue weighted by Gasteiger charge is 2.12. The minimum Gasteiger partial charge on any atom is -0.396 e. The van der Waals surface area contributed by atoms with Gasteiger partial charge in [0.25, 0.3) is 0 Å². The summed E-state index contributed by atoms with van der Waals surface area (Å²) >= 11 is 0. The summed E-state index contributed by atoms with van der Waals surface area (Å²) in [5, 5.41) is 8.55. The second-order valence-electron chi connectivity index (χ2n) is 3.51. The lowest BCUT2D eigenvalue weighted by Crippen LogP contribution is -2.12. The predicted molar refractivity (Wildman–Crippen MR) is 54.6 cm³/mol. The molecule has 0 radical (unpaired) electrons. The summed E-state index contributed by atoms with van der Waals surface area (Å²) < 4.78 is 0. The third-order valence-electron chi connectivity index (χ3n) is 2.52. The van der Waals surface area contributed by atoms with E-state index < -0.39 is 0 Å². The van der Waals surface area contributed by atoms with Gasteiger partial charge in [-0.2, -0.15) is 0 Å². The summed E-state index contributed by atoms with van der Waals surface area (Å²) in [6.07, 6.45) is 5.38. The van der Waals surface area contributed by atoms with E-state index in [9.17, 15) is 4.79 Å². The Bertz CT molecular complexity index is 128. The van der Waals surface area contributed by atoms with Crippen LogP contribution in [0.15, 0.2) is 0 Å². The highest BCUT2D eigenvalue weighted by molar-refractivity contribution is 5.80. The molecule has 0 fully saturated rings. The number of aliphatic hydroxyl groups excluding tert-OH is 1. The maximum atomic E-state index is 11.5. The standard InChI is InChI=1S/C11H22O2/c1-3-10(4-2)11(13)8-6-5-7-9-12/h10,12H,3-9H2,1-2H3. The van der Waals surface area contributed by atoms with Crippen LogP contribution in [0.25, 0.3) is 0 Å². The van der Waals surface area contributed by atoms with Crippen molar-refractivity contribution in [1.82, 2.24) is 0 Å². The van der Waals surface area contributed by atoms with E-state index in [0.29, 0.717) is 12.2 Å². The second-order valence-corrected chi connectivity index (χ2v) is 3.51. The van der Waals surface area contributed by atoms with E-state index in [0.717, 1.165) is 32.1 Å². The van der Waals surface area contributed by atoms with Crippen molar-refractivity contribution in [2.45, 2.75) is 52.4 Å². The van der Waals surface area contributed by atoms with Crippen molar-refractivity contribution in [2.75, 3.05) is 6.61 Å². The van der Waals surface area contributed by atoms with Gasteiger partial charge >= 0.3 is 0 Å². The first-order valence-corrected chi connectivity index (χ1v) is 5.39. The molecule has 0 aliphatic rings. The molecule has 1 N–H and O–H groups in total. The van der Waals surface area contributed by atoms with Gasteiger partial charge in [0.1, 0.15) is 5.78 Å². The van der Waals surface area contributed by atoms with Gasteiger partial charge in [0.05, 0.1) is 0 Å². The van der Waals surface area contributed by atoms with E-state index >= 15 is 0 Å². The Hall–Kier alpha value is -0.370. The Labute approximate surface area is 81.3 Å². The fraction of sp³-hybridized carbons (Fsp3) is 0.909. The largest absolute Gasteiger partial charge is 0.396 e. The van der Waals surface area contributed by atoms with E-state index in [4.69, 9.17) is 5.11 Å². The number of rotatable bonds is 8. The Morgan fingerprint density at radius 2 is 1.77 bits per heavy atom. The highest BCUT2D eigenvalue weighted by atomic mass is 16.2. The zero-order valence-electron chi connectivity index (χ0n) is 8.88. The molecule has 0 bridgehead atoms. The zero-order valence-corrected chi connectivity index (χ0v) is 8.88. The molecular weight excluding hydrogens is 164 g/mol. The number of Topliss-reactive ketones (excluding diaryl/α,β-unsaturated/α-hetero) is 1. The molecule has 0 aromatic rings. The molecule has 0 spiro atoms. The molecule has 2 heteroatoms. The summed E-state index contributed by atoms with van der Waals surface area (Å²) in [6, 6.07) is 0. The molecular formula is C11H22O2. The monoisotopic (exact) mass is 186 g/mol. The summed E-state index contributed by atoms with van der Waals surface area (Å²) in [5.74, 6) is 0.678. The molecule has 2 nitrogen and oxygen atoms in total. The van der Waals surface area contributed by atoms with Gasteiger partial charge in [0, 0.05) is 18.9 Å². The normalized spacial score (nSPS) is 10.8. The predicted octanol–water partition coefficient (Wildman–Crippen LogP) is 2.54. The first kappa shape index (κ1) is 12.6. The fourth-order valence-corrected chi connectivity index (χ4v) is 1.54. The number of carbonyl (C=O) groups is 1. The van der Waals surface area contributed by atoms with Gasteiger partial charge in [0.15, 0.2) is 0 Å². The summed E-state index contributed by atoms with van der Waals surface area (Å²) in [6.45, 7) is 4.39. The zero-order chi connectivity index (χ0) is 10.1. The van der Waals surface area contributed by atoms with Gasteiger partial charge in [-0.25, -0.2) is 0 Å². The van der Waals surface area contributed by atoms with Gasteiger partial charge in [0.2, 0.25) is 0 Å². The fourth-order valence-electron chi connectivity index (χ4n) is 1.54. The van der Waals surface area contributed by atoms with Crippen LogP contribution in [0.1, 0.15) is 52.4 Å². The Kier molecular flexibility index (Phi) is 8.00. The molecule has 0 aromatic carbocycles. The van der Waals surface area contributed by atoms with Gasteiger partial charge in [-0.15, -0.1) is 0 Å². The summed E-state index contributed by atoms with van der Waals surface area (Å²) in [5.41, 5.74) is 0. The van der Waals surface area contributed by atoms with Gasteiger partial charge < -0.3 is 5.11 Å². The number of aliphatic hydroxyl groups is 1. The first-order valence-electron chi connectivity index (χ1n) is 5.39. The van der Waals surface area contributed by atoms with Gasteiger partial charge in [-0.1, -0.05) is 20.3 Å². The van der Waals surface area contributed by atoms with Crippen LogP contribution < -0.4 is 0 Å². The molecule has 0 atom stereocenters. The molecule has 0 aliphatic carbocycles.